The Hall–Kier alpha value is -4.17. The second-order valence-electron chi connectivity index (χ2n) is 11.2. The normalized spacial score (nSPS) is 19.4. The van der Waals surface area contributed by atoms with E-state index in [1.54, 1.807) is 0 Å². The second-order valence-corrected chi connectivity index (χ2v) is 11.2. The van der Waals surface area contributed by atoms with Crippen molar-refractivity contribution in [2.75, 3.05) is 62.7 Å². The van der Waals surface area contributed by atoms with Crippen molar-refractivity contribution in [3.05, 3.63) is 53.1 Å². The molecule has 1 N–H and O–H groups in total. The number of hydrogen-bond acceptors (Lipinski definition) is 8. The molecule has 0 bridgehead atoms. The highest BCUT2D eigenvalue weighted by atomic mass is 19.1. The number of amides is 1. The van der Waals surface area contributed by atoms with Gasteiger partial charge in [-0.15, -0.1) is 0 Å². The monoisotopic (exact) mass is 558 g/mol. The Morgan fingerprint density at radius 3 is 2.71 bits per heavy atom. The fourth-order valence-corrected chi connectivity index (χ4v) is 6.46. The van der Waals surface area contributed by atoms with Gasteiger partial charge in [0.15, 0.2) is 5.83 Å². The standard InChI is InChI=1S/C30H35FN8O2/c1-19-6-7-21-16-33-35-26(21)27(19)39-10-8-23-25(17-39)34-29(41-18-22-5-4-9-36(22)3)24(15-32)28(23)37-11-13-38(14-12-37)30(40)20(2)31/h6-7,16,22H,2,4-5,8-14,17-18H2,1,3H3,(H,33,35)/t22-/m0/s1. The van der Waals surface area contributed by atoms with E-state index in [1.807, 2.05) is 6.20 Å². The van der Waals surface area contributed by atoms with Crippen molar-refractivity contribution in [2.45, 2.75) is 38.8 Å². The third-order valence-electron chi connectivity index (χ3n) is 8.71. The summed E-state index contributed by atoms with van der Waals surface area (Å²) in [5.41, 5.74) is 6.42. The number of aryl methyl sites for hydroxylation is 1. The number of aromatic nitrogens is 3. The van der Waals surface area contributed by atoms with Gasteiger partial charge in [0, 0.05) is 49.7 Å². The molecule has 5 heterocycles. The molecule has 3 aromatic rings. The Labute approximate surface area is 239 Å². The van der Waals surface area contributed by atoms with E-state index in [-0.39, 0.29) is 6.04 Å². The Morgan fingerprint density at radius 2 is 2.00 bits per heavy atom. The number of H-pyrrole nitrogens is 1. The van der Waals surface area contributed by atoms with Gasteiger partial charge >= 0.3 is 0 Å². The molecule has 1 amide bonds. The van der Waals surface area contributed by atoms with Crippen LogP contribution in [0.1, 0.15) is 35.2 Å². The highest BCUT2D eigenvalue weighted by Crippen LogP contribution is 2.39. The molecule has 1 aromatic carbocycles. The van der Waals surface area contributed by atoms with Crippen molar-refractivity contribution in [2.24, 2.45) is 0 Å². The average Bonchev–Trinajstić information content (AvgIpc) is 3.63. The number of ether oxygens (including phenoxy) is 1. The number of carbonyl (C=O) groups excluding carboxylic acids is 1. The lowest BCUT2D eigenvalue weighted by atomic mass is 9.97. The van der Waals surface area contributed by atoms with Crippen molar-refractivity contribution < 1.29 is 13.9 Å². The van der Waals surface area contributed by atoms with Crippen LogP contribution in [0.3, 0.4) is 0 Å². The molecule has 0 aliphatic carbocycles. The van der Waals surface area contributed by atoms with Crippen LogP contribution in [0.5, 0.6) is 5.88 Å². The van der Waals surface area contributed by atoms with E-state index >= 15 is 0 Å². The van der Waals surface area contributed by atoms with Crippen molar-refractivity contribution in [3.63, 3.8) is 0 Å². The zero-order chi connectivity index (χ0) is 28.7. The van der Waals surface area contributed by atoms with Crippen LogP contribution in [0.2, 0.25) is 0 Å². The van der Waals surface area contributed by atoms with E-state index in [4.69, 9.17) is 9.72 Å². The maximum absolute atomic E-state index is 13.5. The molecule has 2 saturated heterocycles. The first-order chi connectivity index (χ1) is 19.9. The molecule has 1 atom stereocenters. The van der Waals surface area contributed by atoms with Crippen LogP contribution in [0.25, 0.3) is 10.9 Å². The Bertz CT molecular complexity index is 1540. The molecular formula is C30H35FN8O2. The van der Waals surface area contributed by atoms with Crippen molar-refractivity contribution in [3.8, 4) is 11.9 Å². The average molecular weight is 559 g/mol. The molecule has 0 saturated carbocycles. The van der Waals surface area contributed by atoms with Crippen molar-refractivity contribution in [1.29, 1.82) is 5.26 Å². The van der Waals surface area contributed by atoms with Gasteiger partial charge in [0.25, 0.3) is 5.91 Å². The number of nitrogens with zero attached hydrogens (tertiary/aromatic N) is 7. The summed E-state index contributed by atoms with van der Waals surface area (Å²) >= 11 is 0. The maximum atomic E-state index is 13.5. The number of aromatic amines is 1. The van der Waals surface area contributed by atoms with Crippen molar-refractivity contribution in [1.82, 2.24) is 25.0 Å². The summed E-state index contributed by atoms with van der Waals surface area (Å²) in [6.45, 7) is 9.72. The number of anilines is 2. The number of halogens is 1. The predicted octanol–water partition coefficient (Wildman–Crippen LogP) is 3.31. The van der Waals surface area contributed by atoms with Gasteiger partial charge in [0.2, 0.25) is 5.88 Å². The van der Waals surface area contributed by atoms with E-state index in [2.05, 4.69) is 63.6 Å². The van der Waals surface area contributed by atoms with Crippen LogP contribution >= 0.6 is 0 Å². The maximum Gasteiger partial charge on any atom is 0.282 e. The Kier molecular flexibility index (Phi) is 7.26. The van der Waals surface area contributed by atoms with Crippen LogP contribution in [0.15, 0.2) is 30.7 Å². The minimum atomic E-state index is -0.951. The van der Waals surface area contributed by atoms with E-state index in [0.29, 0.717) is 57.2 Å². The first-order valence-electron chi connectivity index (χ1n) is 14.2. The lowest BCUT2D eigenvalue weighted by Crippen LogP contribution is -2.49. The van der Waals surface area contributed by atoms with Gasteiger partial charge in [-0.25, -0.2) is 9.37 Å². The molecule has 3 aliphatic heterocycles. The second kappa shape index (κ2) is 11.0. The summed E-state index contributed by atoms with van der Waals surface area (Å²) in [4.78, 5) is 25.4. The molecule has 41 heavy (non-hydrogen) atoms. The Balaban J connectivity index is 1.36. The minimum absolute atomic E-state index is 0.281. The SMILES string of the molecule is C=C(F)C(=O)N1CCN(c2c(C#N)c(OC[C@@H]3CCCN3C)nc3c2CCN(c2c(C)ccc4cn[nH]c24)C3)CC1. The van der Waals surface area contributed by atoms with E-state index in [9.17, 15) is 14.4 Å². The topological polar surface area (TPSA) is 105 Å². The van der Waals surface area contributed by atoms with Gasteiger partial charge in [0.05, 0.1) is 35.3 Å². The lowest BCUT2D eigenvalue weighted by Gasteiger charge is -2.39. The number of benzene rings is 1. The number of pyridine rings is 1. The summed E-state index contributed by atoms with van der Waals surface area (Å²) in [6, 6.07) is 6.86. The summed E-state index contributed by atoms with van der Waals surface area (Å²) in [6.07, 6.45) is 4.70. The third-order valence-corrected chi connectivity index (χ3v) is 8.71. The van der Waals surface area contributed by atoms with Crippen LogP contribution in [-0.2, 0) is 17.8 Å². The molecule has 3 aliphatic rings. The van der Waals surface area contributed by atoms with Gasteiger partial charge in [-0.05, 0) is 45.3 Å². The molecule has 214 valence electrons. The van der Waals surface area contributed by atoms with Gasteiger partial charge in [-0.2, -0.15) is 10.4 Å². The van der Waals surface area contributed by atoms with E-state index < -0.39 is 11.7 Å². The molecule has 10 nitrogen and oxygen atoms in total. The van der Waals surface area contributed by atoms with Crippen LogP contribution in [0, 0.1) is 18.3 Å². The number of nitriles is 1. The first-order valence-corrected chi connectivity index (χ1v) is 14.2. The Morgan fingerprint density at radius 1 is 1.20 bits per heavy atom. The largest absolute Gasteiger partial charge is 0.475 e. The number of rotatable bonds is 6. The van der Waals surface area contributed by atoms with Gasteiger partial charge in [-0.3, -0.25) is 9.89 Å². The van der Waals surface area contributed by atoms with E-state index in [0.717, 1.165) is 65.0 Å². The number of fused-ring (bicyclic) bond motifs is 2. The summed E-state index contributed by atoms with van der Waals surface area (Å²) in [5.74, 6) is -1.27. The molecule has 0 spiro atoms. The van der Waals surface area contributed by atoms with Crippen LogP contribution < -0.4 is 14.5 Å². The third kappa shape index (κ3) is 4.97. The number of carbonyl (C=O) groups is 1. The number of hydrogen-bond donors (Lipinski definition) is 1. The van der Waals surface area contributed by atoms with Gasteiger partial charge in [0.1, 0.15) is 18.2 Å². The molecule has 6 rings (SSSR count). The number of likely N-dealkylation sites (tertiary alicyclic amines) is 1. The fraction of sp³-hybridized carbons (Fsp3) is 0.467. The van der Waals surface area contributed by atoms with E-state index in [1.165, 1.54) is 4.90 Å². The lowest BCUT2D eigenvalue weighted by molar-refractivity contribution is -0.128. The smallest absolute Gasteiger partial charge is 0.282 e. The quantitative estimate of drug-likeness (QED) is 0.460. The predicted molar refractivity (Wildman–Crippen MR) is 155 cm³/mol. The van der Waals surface area contributed by atoms with Crippen LogP contribution in [-0.4, -0.2) is 89.9 Å². The molecule has 0 unspecified atom stereocenters. The summed E-state index contributed by atoms with van der Waals surface area (Å²) in [7, 11) is 2.10. The molecule has 11 heteroatoms. The highest BCUT2D eigenvalue weighted by Gasteiger charge is 2.33. The number of nitrogens with one attached hydrogen (secondary N) is 1. The number of likely N-dealkylation sites (N-methyl/N-ethyl adjacent to an activating group) is 1. The van der Waals surface area contributed by atoms with Gasteiger partial charge in [-0.1, -0.05) is 18.7 Å². The molecule has 0 radical (unpaired) electrons. The summed E-state index contributed by atoms with van der Waals surface area (Å²) in [5, 5.41) is 18.9. The summed E-state index contributed by atoms with van der Waals surface area (Å²) < 4.78 is 19.9. The molecular weight excluding hydrogens is 523 g/mol. The highest BCUT2D eigenvalue weighted by molar-refractivity contribution is 5.93. The number of piperazine rings is 1. The fourth-order valence-electron chi connectivity index (χ4n) is 6.46. The molecule has 2 aromatic heterocycles. The zero-order valence-electron chi connectivity index (χ0n) is 23.6. The minimum Gasteiger partial charge on any atom is -0.475 e. The zero-order valence-corrected chi connectivity index (χ0v) is 23.6. The molecule has 2 fully saturated rings. The van der Waals surface area contributed by atoms with Crippen molar-refractivity contribution >= 4 is 28.2 Å². The van der Waals surface area contributed by atoms with Gasteiger partial charge < -0.3 is 24.3 Å². The first kappa shape index (κ1) is 27.0. The van der Waals surface area contributed by atoms with Crippen LogP contribution in [0.4, 0.5) is 15.8 Å².